The van der Waals surface area contributed by atoms with Gasteiger partial charge in [0.1, 0.15) is 5.76 Å². The van der Waals surface area contributed by atoms with Gasteiger partial charge in [-0.2, -0.15) is 4.98 Å². The van der Waals surface area contributed by atoms with Gasteiger partial charge in [0.2, 0.25) is 17.4 Å². The van der Waals surface area contributed by atoms with Crippen molar-refractivity contribution in [3.05, 3.63) is 53.2 Å². The molecule has 3 aromatic rings. The van der Waals surface area contributed by atoms with Crippen LogP contribution in [0.1, 0.15) is 35.7 Å². The molecule has 8 heteroatoms. The van der Waals surface area contributed by atoms with Gasteiger partial charge in [0.15, 0.2) is 0 Å². The standard InChI is InChI=1S/C20H21FN4O3/c1-13-16(14(2)27-23-13)11-17(26)25-10-6-9-20(21,12-25)19-22-18(24-28-19)15-7-4-3-5-8-15/h3-5,7-8H,6,9-12H2,1-2H3. The molecule has 4 rings (SSSR count). The van der Waals surface area contributed by atoms with Crippen molar-refractivity contribution in [3.8, 4) is 11.4 Å². The summed E-state index contributed by atoms with van der Waals surface area (Å²) < 4.78 is 26.0. The highest BCUT2D eigenvalue weighted by Crippen LogP contribution is 2.36. The normalized spacial score (nSPS) is 19.8. The molecule has 1 unspecified atom stereocenters. The zero-order valence-electron chi connectivity index (χ0n) is 15.8. The SMILES string of the molecule is Cc1noc(C)c1CC(=O)N1CCCC(F)(c2nc(-c3ccccc3)no2)C1. The second-order valence-corrected chi connectivity index (χ2v) is 7.15. The third-order valence-electron chi connectivity index (χ3n) is 5.15. The molecule has 1 saturated heterocycles. The van der Waals surface area contributed by atoms with Gasteiger partial charge in [-0.05, 0) is 26.7 Å². The van der Waals surface area contributed by atoms with E-state index >= 15 is 4.39 Å². The van der Waals surface area contributed by atoms with Crippen molar-refractivity contribution >= 4 is 5.91 Å². The molecule has 146 valence electrons. The summed E-state index contributed by atoms with van der Waals surface area (Å²) in [6.45, 7) is 3.94. The fourth-order valence-corrected chi connectivity index (χ4v) is 3.53. The summed E-state index contributed by atoms with van der Waals surface area (Å²) in [6.07, 6.45) is 0.891. The predicted molar refractivity (Wildman–Crippen MR) is 98.0 cm³/mol. The zero-order valence-corrected chi connectivity index (χ0v) is 15.8. The van der Waals surface area contributed by atoms with Crippen molar-refractivity contribution in [3.63, 3.8) is 0 Å². The molecule has 0 aliphatic carbocycles. The van der Waals surface area contributed by atoms with E-state index < -0.39 is 5.67 Å². The highest BCUT2D eigenvalue weighted by atomic mass is 19.1. The molecule has 1 aromatic carbocycles. The molecule has 28 heavy (non-hydrogen) atoms. The highest BCUT2D eigenvalue weighted by Gasteiger charge is 2.44. The lowest BCUT2D eigenvalue weighted by Crippen LogP contribution is -2.47. The van der Waals surface area contributed by atoms with Crippen molar-refractivity contribution in [1.29, 1.82) is 0 Å². The minimum absolute atomic E-state index is 0.0822. The number of benzene rings is 1. The molecule has 1 amide bonds. The molecule has 2 aromatic heterocycles. The van der Waals surface area contributed by atoms with Gasteiger partial charge < -0.3 is 13.9 Å². The topological polar surface area (TPSA) is 85.3 Å². The van der Waals surface area contributed by atoms with Crippen LogP contribution in [0.15, 0.2) is 39.4 Å². The lowest BCUT2D eigenvalue weighted by atomic mass is 9.94. The van der Waals surface area contributed by atoms with E-state index in [1.807, 2.05) is 30.3 Å². The Morgan fingerprint density at radius 1 is 1.21 bits per heavy atom. The molecule has 1 atom stereocenters. The summed E-state index contributed by atoms with van der Waals surface area (Å²) in [7, 11) is 0. The number of carbonyl (C=O) groups is 1. The van der Waals surface area contributed by atoms with Crippen LogP contribution in [0.4, 0.5) is 4.39 Å². The third kappa shape index (κ3) is 3.42. The zero-order chi connectivity index (χ0) is 19.7. The molecule has 0 radical (unpaired) electrons. The van der Waals surface area contributed by atoms with Gasteiger partial charge in [0.05, 0.1) is 18.7 Å². The van der Waals surface area contributed by atoms with Crippen LogP contribution in [0.2, 0.25) is 0 Å². The van der Waals surface area contributed by atoms with Crippen molar-refractivity contribution < 1.29 is 18.2 Å². The maximum atomic E-state index is 15.7. The molecule has 1 aliphatic heterocycles. The first-order chi connectivity index (χ1) is 13.5. The third-order valence-corrected chi connectivity index (χ3v) is 5.15. The largest absolute Gasteiger partial charge is 0.361 e. The second kappa shape index (κ2) is 7.18. The van der Waals surface area contributed by atoms with Crippen LogP contribution in [0.3, 0.4) is 0 Å². The van der Waals surface area contributed by atoms with E-state index in [1.54, 1.807) is 13.8 Å². The van der Waals surface area contributed by atoms with Crippen LogP contribution in [0.5, 0.6) is 0 Å². The van der Waals surface area contributed by atoms with Crippen molar-refractivity contribution in [2.45, 2.75) is 38.8 Å². The number of hydrogen-bond acceptors (Lipinski definition) is 6. The van der Waals surface area contributed by atoms with E-state index in [0.717, 1.165) is 11.1 Å². The van der Waals surface area contributed by atoms with Gasteiger partial charge >= 0.3 is 0 Å². The summed E-state index contributed by atoms with van der Waals surface area (Å²) in [4.78, 5) is 18.5. The molecule has 3 heterocycles. The van der Waals surface area contributed by atoms with Gasteiger partial charge in [-0.25, -0.2) is 4.39 Å². The van der Waals surface area contributed by atoms with Gasteiger partial charge in [-0.3, -0.25) is 4.79 Å². The summed E-state index contributed by atoms with van der Waals surface area (Å²) in [5.74, 6) is 0.700. The molecule has 0 N–H and O–H groups in total. The Labute approximate surface area is 161 Å². The van der Waals surface area contributed by atoms with Crippen LogP contribution in [-0.2, 0) is 16.9 Å². The van der Waals surface area contributed by atoms with Crippen molar-refractivity contribution in [2.24, 2.45) is 0 Å². The number of likely N-dealkylation sites (tertiary alicyclic amines) is 1. The predicted octanol–water partition coefficient (Wildman–Crippen LogP) is 3.37. The smallest absolute Gasteiger partial charge is 0.266 e. The van der Waals surface area contributed by atoms with Gasteiger partial charge in [0, 0.05) is 17.7 Å². The summed E-state index contributed by atoms with van der Waals surface area (Å²) in [5.41, 5.74) is 0.332. The van der Waals surface area contributed by atoms with Crippen LogP contribution in [0, 0.1) is 13.8 Å². The molecule has 1 fully saturated rings. The number of aromatic nitrogens is 3. The number of hydrogen-bond donors (Lipinski definition) is 0. The molecule has 0 spiro atoms. The van der Waals surface area contributed by atoms with Gasteiger partial charge in [0.25, 0.3) is 5.89 Å². The average Bonchev–Trinajstić information content (AvgIpc) is 3.32. The van der Waals surface area contributed by atoms with E-state index in [4.69, 9.17) is 9.05 Å². The van der Waals surface area contributed by atoms with E-state index in [1.165, 1.54) is 4.90 Å². The quantitative estimate of drug-likeness (QED) is 0.686. The maximum Gasteiger partial charge on any atom is 0.266 e. The first-order valence-electron chi connectivity index (χ1n) is 9.24. The fraction of sp³-hybridized carbons (Fsp3) is 0.400. The Morgan fingerprint density at radius 3 is 2.71 bits per heavy atom. The van der Waals surface area contributed by atoms with Crippen LogP contribution < -0.4 is 0 Å². The minimum Gasteiger partial charge on any atom is -0.361 e. The Balaban J connectivity index is 1.51. The number of carbonyl (C=O) groups excluding carboxylic acids is 1. The van der Waals surface area contributed by atoms with Crippen LogP contribution in [0.25, 0.3) is 11.4 Å². The average molecular weight is 384 g/mol. The first kappa shape index (κ1) is 18.3. The minimum atomic E-state index is -1.85. The number of amides is 1. The first-order valence-corrected chi connectivity index (χ1v) is 9.24. The number of nitrogens with zero attached hydrogens (tertiary/aromatic N) is 4. The fourth-order valence-electron chi connectivity index (χ4n) is 3.53. The molecule has 1 aliphatic rings. The number of aryl methyl sites for hydroxylation is 2. The molecule has 0 bridgehead atoms. The monoisotopic (exact) mass is 384 g/mol. The highest BCUT2D eigenvalue weighted by molar-refractivity contribution is 5.79. The van der Waals surface area contributed by atoms with Gasteiger partial charge in [-0.1, -0.05) is 40.6 Å². The van der Waals surface area contributed by atoms with Crippen LogP contribution in [-0.4, -0.2) is 39.2 Å². The Bertz CT molecular complexity index is 965. The van der Waals surface area contributed by atoms with Crippen LogP contribution >= 0.6 is 0 Å². The number of halogens is 1. The van der Waals surface area contributed by atoms with Gasteiger partial charge in [-0.15, -0.1) is 0 Å². The van der Waals surface area contributed by atoms with E-state index in [-0.39, 0.29) is 31.2 Å². The Morgan fingerprint density at radius 2 is 2.00 bits per heavy atom. The van der Waals surface area contributed by atoms with Crippen molar-refractivity contribution in [2.75, 3.05) is 13.1 Å². The maximum absolute atomic E-state index is 15.7. The Kier molecular flexibility index (Phi) is 4.70. The summed E-state index contributed by atoms with van der Waals surface area (Å²) >= 11 is 0. The Hall–Kier alpha value is -3.03. The second-order valence-electron chi connectivity index (χ2n) is 7.15. The number of piperidine rings is 1. The molecular formula is C20H21FN4O3. The van der Waals surface area contributed by atoms with Crippen molar-refractivity contribution in [1.82, 2.24) is 20.2 Å². The number of rotatable bonds is 4. The molecule has 0 saturated carbocycles. The van der Waals surface area contributed by atoms with E-state index in [2.05, 4.69) is 15.3 Å². The summed E-state index contributed by atoms with van der Waals surface area (Å²) in [6, 6.07) is 9.25. The lowest BCUT2D eigenvalue weighted by Gasteiger charge is -2.35. The van der Waals surface area contributed by atoms with E-state index in [9.17, 15) is 4.79 Å². The molecule has 7 nitrogen and oxygen atoms in total. The number of alkyl halides is 1. The summed E-state index contributed by atoms with van der Waals surface area (Å²) in [5, 5.41) is 7.78. The lowest BCUT2D eigenvalue weighted by molar-refractivity contribution is -0.135. The van der Waals surface area contributed by atoms with E-state index in [0.29, 0.717) is 30.2 Å². The molecular weight excluding hydrogens is 363 g/mol.